The number of amides is 2. The summed E-state index contributed by atoms with van der Waals surface area (Å²) in [5.41, 5.74) is 0. The molecule has 2 N–H and O–H groups in total. The number of carbonyl (C=O) groups excluding carboxylic acids is 5. The van der Waals surface area contributed by atoms with Crippen molar-refractivity contribution in [2.75, 3.05) is 41.1 Å². The molecule has 6 atom stereocenters. The fourth-order valence-electron chi connectivity index (χ4n) is 4.23. The smallest absolute Gasteiger partial charge is 0.303 e. The molecule has 0 bridgehead atoms. The maximum absolute atomic E-state index is 13.1. The van der Waals surface area contributed by atoms with Crippen molar-refractivity contribution in [3.63, 3.8) is 0 Å². The van der Waals surface area contributed by atoms with Crippen molar-refractivity contribution in [1.29, 1.82) is 0 Å². The third-order valence-electron chi connectivity index (χ3n) is 6.29. The molecular weight excluding hydrogens is 560 g/mol. The Morgan fingerprint density at radius 1 is 0.857 bits per heavy atom. The highest BCUT2D eigenvalue weighted by Gasteiger charge is 2.48. The lowest BCUT2D eigenvalue weighted by molar-refractivity contribution is -0.280. The molecule has 1 rings (SSSR count). The Kier molecular flexibility index (Phi) is 17.8. The first-order valence-electron chi connectivity index (χ1n) is 13.8. The molecule has 42 heavy (non-hydrogen) atoms. The predicted molar refractivity (Wildman–Crippen MR) is 145 cm³/mol. The summed E-state index contributed by atoms with van der Waals surface area (Å²) in [5.74, 6) is -2.65. The van der Waals surface area contributed by atoms with Gasteiger partial charge in [0.1, 0.15) is 6.10 Å². The maximum Gasteiger partial charge on any atom is 0.303 e. The zero-order valence-electron chi connectivity index (χ0n) is 25.5. The molecule has 0 saturated carbocycles. The fourth-order valence-corrected chi connectivity index (χ4v) is 4.23. The maximum atomic E-state index is 13.1. The summed E-state index contributed by atoms with van der Waals surface area (Å²) in [6.07, 6.45) is -3.04. The van der Waals surface area contributed by atoms with Crippen molar-refractivity contribution in [3.8, 4) is 0 Å². The van der Waals surface area contributed by atoms with Gasteiger partial charge in [-0.25, -0.2) is 0 Å². The summed E-state index contributed by atoms with van der Waals surface area (Å²) in [5, 5.41) is 5.47. The molecule has 1 unspecified atom stereocenters. The molecule has 242 valence electrons. The molecule has 1 aliphatic heterocycles. The lowest BCUT2D eigenvalue weighted by Crippen LogP contribution is -2.65. The molecule has 1 heterocycles. The van der Waals surface area contributed by atoms with Crippen LogP contribution in [0.15, 0.2) is 0 Å². The Labute approximate surface area is 246 Å². The summed E-state index contributed by atoms with van der Waals surface area (Å²) in [4.78, 5) is 59.7. The highest BCUT2D eigenvalue weighted by molar-refractivity contribution is 5.83. The number of rotatable bonds is 19. The van der Waals surface area contributed by atoms with Crippen LogP contribution in [0.5, 0.6) is 0 Å². The first kappa shape index (κ1) is 37.2. The van der Waals surface area contributed by atoms with Gasteiger partial charge in [0.25, 0.3) is 5.91 Å². The molecule has 1 aliphatic rings. The van der Waals surface area contributed by atoms with Gasteiger partial charge in [-0.15, -0.1) is 0 Å². The molecule has 0 aromatic heterocycles. The van der Waals surface area contributed by atoms with E-state index in [4.69, 9.17) is 37.9 Å². The van der Waals surface area contributed by atoms with Gasteiger partial charge in [-0.3, -0.25) is 24.0 Å². The van der Waals surface area contributed by atoms with E-state index in [1.54, 1.807) is 6.92 Å². The Morgan fingerprint density at radius 3 is 2.12 bits per heavy atom. The van der Waals surface area contributed by atoms with Crippen LogP contribution >= 0.6 is 0 Å². The lowest BCUT2D eigenvalue weighted by Gasteiger charge is -2.44. The van der Waals surface area contributed by atoms with Gasteiger partial charge in [-0.2, -0.15) is 0 Å². The lowest BCUT2D eigenvalue weighted by atomic mass is 9.96. The first-order chi connectivity index (χ1) is 19.9. The van der Waals surface area contributed by atoms with E-state index < -0.39 is 66.9 Å². The summed E-state index contributed by atoms with van der Waals surface area (Å²) in [7, 11) is 4.38. The zero-order valence-corrected chi connectivity index (χ0v) is 25.5. The van der Waals surface area contributed by atoms with Crippen molar-refractivity contribution in [1.82, 2.24) is 10.6 Å². The van der Waals surface area contributed by atoms with E-state index >= 15 is 0 Å². The zero-order chi connectivity index (χ0) is 31.7. The van der Waals surface area contributed by atoms with Crippen LogP contribution in [0.1, 0.15) is 59.8 Å². The minimum absolute atomic E-state index is 0.0763. The van der Waals surface area contributed by atoms with Gasteiger partial charge in [-0.1, -0.05) is 6.42 Å². The molecule has 15 nitrogen and oxygen atoms in total. The largest absolute Gasteiger partial charge is 0.466 e. The standard InChI is InChI=1S/C27H46N2O13/c1-16-23(29-26(34)20(41-18(3)31)12-14-38-17(2)30)24(42-19(4)32)25(37-7)27(40-16)39-13-10-8-9-11-21(33)28-15-22(35-5)36-6/h16,20,22-25,27H,8-15H2,1-7H3,(H,28,33)(H,29,34)/t16-,20?,23-,24+,25+,27-/m1/s1. The number of nitrogens with one attached hydrogen (secondary N) is 2. The van der Waals surface area contributed by atoms with E-state index in [0.29, 0.717) is 25.7 Å². The molecule has 1 saturated heterocycles. The molecule has 15 heteroatoms. The number of hydrogen-bond donors (Lipinski definition) is 2. The van der Waals surface area contributed by atoms with E-state index in [9.17, 15) is 24.0 Å². The van der Waals surface area contributed by atoms with E-state index in [2.05, 4.69) is 10.6 Å². The average Bonchev–Trinajstić information content (AvgIpc) is 2.91. The Hall–Kier alpha value is -2.85. The quantitative estimate of drug-likeness (QED) is 0.0890. The van der Waals surface area contributed by atoms with Crippen molar-refractivity contribution < 1.29 is 61.9 Å². The molecule has 0 aromatic rings. The number of ether oxygens (including phenoxy) is 8. The second-order valence-electron chi connectivity index (χ2n) is 9.63. The summed E-state index contributed by atoms with van der Waals surface area (Å²) < 4.78 is 43.1. The van der Waals surface area contributed by atoms with Crippen molar-refractivity contribution in [3.05, 3.63) is 0 Å². The number of esters is 3. The number of carbonyl (C=O) groups is 5. The van der Waals surface area contributed by atoms with Gasteiger partial charge in [0.15, 0.2) is 24.8 Å². The van der Waals surface area contributed by atoms with Crippen molar-refractivity contribution >= 4 is 29.7 Å². The molecule has 0 aromatic carbocycles. The van der Waals surface area contributed by atoms with Gasteiger partial charge in [0, 0.05) is 61.5 Å². The average molecular weight is 607 g/mol. The normalized spacial score (nSPS) is 22.6. The summed E-state index contributed by atoms with van der Waals surface area (Å²) in [6.45, 7) is 5.66. The van der Waals surface area contributed by atoms with Crippen LogP contribution in [0.3, 0.4) is 0 Å². The van der Waals surface area contributed by atoms with Crippen LogP contribution in [0.25, 0.3) is 0 Å². The van der Waals surface area contributed by atoms with E-state index in [1.807, 2.05) is 0 Å². The highest BCUT2D eigenvalue weighted by Crippen LogP contribution is 2.27. The minimum atomic E-state index is -1.26. The second kappa shape index (κ2) is 20.1. The molecular formula is C27H46N2O13. The third kappa shape index (κ3) is 13.9. The van der Waals surface area contributed by atoms with E-state index in [0.717, 1.165) is 6.92 Å². The van der Waals surface area contributed by atoms with Crippen LogP contribution in [-0.2, 0) is 61.9 Å². The highest BCUT2D eigenvalue weighted by atomic mass is 16.7. The molecule has 2 amide bonds. The van der Waals surface area contributed by atoms with Crippen LogP contribution in [0, 0.1) is 0 Å². The van der Waals surface area contributed by atoms with Gasteiger partial charge >= 0.3 is 17.9 Å². The minimum Gasteiger partial charge on any atom is -0.466 e. The van der Waals surface area contributed by atoms with Crippen LogP contribution in [0.2, 0.25) is 0 Å². The van der Waals surface area contributed by atoms with Gasteiger partial charge in [0.2, 0.25) is 5.91 Å². The van der Waals surface area contributed by atoms with Gasteiger partial charge in [-0.05, 0) is 19.8 Å². The summed E-state index contributed by atoms with van der Waals surface area (Å²) >= 11 is 0. The Balaban J connectivity index is 2.73. The number of unbranched alkanes of at least 4 members (excludes halogenated alkanes) is 2. The van der Waals surface area contributed by atoms with Gasteiger partial charge in [0.05, 0.1) is 25.3 Å². The first-order valence-corrected chi connectivity index (χ1v) is 13.8. The Bertz CT molecular complexity index is 867. The topological polar surface area (TPSA) is 183 Å². The van der Waals surface area contributed by atoms with Crippen molar-refractivity contribution in [2.24, 2.45) is 0 Å². The molecule has 0 aliphatic carbocycles. The monoisotopic (exact) mass is 606 g/mol. The van der Waals surface area contributed by atoms with Gasteiger partial charge < -0.3 is 48.5 Å². The van der Waals surface area contributed by atoms with Crippen molar-refractivity contribution in [2.45, 2.75) is 103 Å². The van der Waals surface area contributed by atoms with E-state index in [-0.39, 0.29) is 32.1 Å². The second-order valence-corrected chi connectivity index (χ2v) is 9.63. The number of hydrogen-bond acceptors (Lipinski definition) is 13. The number of methoxy groups -OCH3 is 3. The van der Waals surface area contributed by atoms with Crippen LogP contribution in [0.4, 0.5) is 0 Å². The van der Waals surface area contributed by atoms with E-state index in [1.165, 1.54) is 35.2 Å². The fraction of sp³-hybridized carbons (Fsp3) is 0.815. The molecule has 0 spiro atoms. The molecule has 0 radical (unpaired) electrons. The summed E-state index contributed by atoms with van der Waals surface area (Å²) in [6, 6.07) is -0.882. The molecule has 1 fully saturated rings. The third-order valence-corrected chi connectivity index (χ3v) is 6.29. The Morgan fingerprint density at radius 2 is 1.55 bits per heavy atom. The van der Waals surface area contributed by atoms with Crippen LogP contribution in [-0.4, -0.2) is 114 Å². The predicted octanol–water partition coefficient (Wildman–Crippen LogP) is 0.360. The SMILES string of the molecule is COC(CNC(=O)CCCCCO[C@@H]1O[C@H](C)[C@@H](NC(=O)C(CCOC(C)=O)OC(C)=O)[C@H](OC(C)=O)[C@@H]1OC)OC. The van der Waals surface area contributed by atoms with Crippen LogP contribution < -0.4 is 10.6 Å².